The van der Waals surface area contributed by atoms with Gasteiger partial charge in [0.25, 0.3) is 0 Å². The zero-order valence-electron chi connectivity index (χ0n) is 15.2. The number of benzene rings is 2. The Morgan fingerprint density at radius 1 is 0.625 bits per heavy atom. The van der Waals surface area contributed by atoms with Gasteiger partial charge in [-0.3, -0.25) is 0 Å². The first-order chi connectivity index (χ1) is 11.7. The van der Waals surface area contributed by atoms with Gasteiger partial charge in [0, 0.05) is 12.1 Å². The Bertz CT molecular complexity index is 531. The lowest BCUT2D eigenvalue weighted by Crippen LogP contribution is -2.26. The lowest BCUT2D eigenvalue weighted by atomic mass is 9.93. The van der Waals surface area contributed by atoms with E-state index in [1.807, 2.05) is 0 Å². The molecule has 0 aliphatic rings. The second-order valence-electron chi connectivity index (χ2n) is 6.74. The molecule has 2 aromatic carbocycles. The molecule has 0 spiro atoms. The van der Waals surface area contributed by atoms with Crippen molar-refractivity contribution in [2.24, 2.45) is 11.5 Å². The van der Waals surface area contributed by atoms with Crippen LogP contribution in [0.4, 0.5) is 0 Å². The number of rotatable bonds is 9. The van der Waals surface area contributed by atoms with Gasteiger partial charge in [-0.1, -0.05) is 75.2 Å². The lowest BCUT2D eigenvalue weighted by molar-refractivity contribution is 0.574. The summed E-state index contributed by atoms with van der Waals surface area (Å²) in [7, 11) is 0. The molecule has 0 aliphatic carbocycles. The first-order valence-corrected chi connectivity index (χ1v) is 9.34. The van der Waals surface area contributed by atoms with Crippen molar-refractivity contribution in [3.05, 3.63) is 70.8 Å². The second-order valence-corrected chi connectivity index (χ2v) is 6.74. The van der Waals surface area contributed by atoms with Crippen molar-refractivity contribution in [3.8, 4) is 0 Å². The first kappa shape index (κ1) is 18.7. The largest absolute Gasteiger partial charge is 0.322 e. The predicted molar refractivity (Wildman–Crippen MR) is 104 cm³/mol. The maximum absolute atomic E-state index is 6.41. The fourth-order valence-corrected chi connectivity index (χ4v) is 2.99. The van der Waals surface area contributed by atoms with E-state index in [0.717, 1.165) is 24.0 Å². The average Bonchev–Trinajstić information content (AvgIpc) is 2.64. The first-order valence-electron chi connectivity index (χ1n) is 9.34. The van der Waals surface area contributed by atoms with E-state index in [9.17, 15) is 0 Å². The molecule has 0 aliphatic heterocycles. The third-order valence-corrected chi connectivity index (χ3v) is 4.75. The number of aryl methyl sites for hydroxylation is 2. The molecule has 2 nitrogen and oxygen atoms in total. The van der Waals surface area contributed by atoms with Crippen molar-refractivity contribution in [3.63, 3.8) is 0 Å². The Kier molecular flexibility index (Phi) is 7.48. The van der Waals surface area contributed by atoms with Crippen LogP contribution in [0.3, 0.4) is 0 Å². The lowest BCUT2D eigenvalue weighted by Gasteiger charge is -2.21. The summed E-state index contributed by atoms with van der Waals surface area (Å²) in [6.45, 7) is 4.44. The number of unbranched alkanes of at least 4 members (excludes halogenated alkanes) is 2. The molecule has 0 aromatic heterocycles. The van der Waals surface area contributed by atoms with Gasteiger partial charge in [-0.25, -0.2) is 0 Å². The molecule has 4 N–H and O–H groups in total. The van der Waals surface area contributed by atoms with Gasteiger partial charge in [-0.15, -0.1) is 0 Å². The van der Waals surface area contributed by atoms with Crippen LogP contribution in [0.1, 0.15) is 73.9 Å². The highest BCUT2D eigenvalue weighted by Crippen LogP contribution is 2.25. The Labute approximate surface area is 147 Å². The quantitative estimate of drug-likeness (QED) is 0.676. The maximum Gasteiger partial charge on any atom is 0.0491 e. The van der Waals surface area contributed by atoms with E-state index < -0.39 is 0 Å². The standard InChI is InChI=1S/C22H32N2/c1-3-5-7-17-9-13-19(14-10-17)21(23)22(24)20-15-11-18(12-16-20)8-6-4-2/h9-16,21-22H,3-8,23-24H2,1-2H3/t21-,22-/m0/s1. The third-order valence-electron chi connectivity index (χ3n) is 4.75. The average molecular weight is 325 g/mol. The van der Waals surface area contributed by atoms with E-state index in [-0.39, 0.29) is 12.1 Å². The van der Waals surface area contributed by atoms with Crippen LogP contribution in [0.15, 0.2) is 48.5 Å². The molecular formula is C22H32N2. The van der Waals surface area contributed by atoms with E-state index in [2.05, 4.69) is 62.4 Å². The Morgan fingerprint density at radius 2 is 0.958 bits per heavy atom. The molecule has 0 fully saturated rings. The molecule has 0 unspecified atom stereocenters. The molecule has 0 heterocycles. The van der Waals surface area contributed by atoms with E-state index in [4.69, 9.17) is 11.5 Å². The third kappa shape index (κ3) is 5.19. The zero-order chi connectivity index (χ0) is 17.4. The molecular weight excluding hydrogens is 292 g/mol. The topological polar surface area (TPSA) is 52.0 Å². The van der Waals surface area contributed by atoms with Crippen molar-refractivity contribution < 1.29 is 0 Å². The highest BCUT2D eigenvalue weighted by molar-refractivity contribution is 5.31. The summed E-state index contributed by atoms with van der Waals surface area (Å²) in [5, 5.41) is 0. The Hall–Kier alpha value is -1.64. The molecule has 0 bridgehead atoms. The van der Waals surface area contributed by atoms with Crippen molar-refractivity contribution in [2.45, 2.75) is 64.5 Å². The van der Waals surface area contributed by atoms with Gasteiger partial charge < -0.3 is 11.5 Å². The molecule has 2 heteroatoms. The van der Waals surface area contributed by atoms with Crippen LogP contribution >= 0.6 is 0 Å². The number of hydrogen-bond donors (Lipinski definition) is 2. The van der Waals surface area contributed by atoms with Crippen LogP contribution in [0.25, 0.3) is 0 Å². The molecule has 2 rings (SSSR count). The number of hydrogen-bond acceptors (Lipinski definition) is 2. The second kappa shape index (κ2) is 9.61. The molecule has 24 heavy (non-hydrogen) atoms. The summed E-state index contributed by atoms with van der Waals surface area (Å²) in [5.74, 6) is 0. The molecule has 0 saturated carbocycles. The van der Waals surface area contributed by atoms with Crippen molar-refractivity contribution in [1.82, 2.24) is 0 Å². The fraction of sp³-hybridized carbons (Fsp3) is 0.455. The summed E-state index contributed by atoms with van der Waals surface area (Å²) in [5.41, 5.74) is 17.8. The van der Waals surface area contributed by atoms with Crippen LogP contribution in [0.5, 0.6) is 0 Å². The van der Waals surface area contributed by atoms with E-state index in [0.29, 0.717) is 0 Å². The van der Waals surface area contributed by atoms with Crippen molar-refractivity contribution in [1.29, 1.82) is 0 Å². The minimum Gasteiger partial charge on any atom is -0.322 e. The fourth-order valence-electron chi connectivity index (χ4n) is 2.99. The number of nitrogens with two attached hydrogens (primary N) is 2. The summed E-state index contributed by atoms with van der Waals surface area (Å²) >= 11 is 0. The zero-order valence-corrected chi connectivity index (χ0v) is 15.2. The summed E-state index contributed by atoms with van der Waals surface area (Å²) in [6, 6.07) is 16.9. The molecule has 130 valence electrons. The molecule has 2 aromatic rings. The highest BCUT2D eigenvalue weighted by atomic mass is 14.8. The molecule has 2 atom stereocenters. The summed E-state index contributed by atoms with van der Waals surface area (Å²) in [6.07, 6.45) is 7.18. The minimum atomic E-state index is -0.174. The predicted octanol–water partition coefficient (Wildman–Crippen LogP) is 5.07. The minimum absolute atomic E-state index is 0.174. The van der Waals surface area contributed by atoms with Crippen LogP contribution in [0, 0.1) is 0 Å². The van der Waals surface area contributed by atoms with Gasteiger partial charge in [0.2, 0.25) is 0 Å². The van der Waals surface area contributed by atoms with Crippen LogP contribution in [-0.2, 0) is 12.8 Å². The van der Waals surface area contributed by atoms with Gasteiger partial charge in [-0.2, -0.15) is 0 Å². The van der Waals surface area contributed by atoms with Gasteiger partial charge in [-0.05, 0) is 47.9 Å². The van der Waals surface area contributed by atoms with Gasteiger partial charge >= 0.3 is 0 Å². The normalized spacial score (nSPS) is 13.7. The SMILES string of the molecule is CCCCc1ccc([C@H](N)[C@@H](N)c2ccc(CCCC)cc2)cc1. The van der Waals surface area contributed by atoms with Crippen molar-refractivity contribution in [2.75, 3.05) is 0 Å². The molecule has 0 saturated heterocycles. The van der Waals surface area contributed by atoms with Crippen molar-refractivity contribution >= 4 is 0 Å². The molecule has 0 radical (unpaired) electrons. The van der Waals surface area contributed by atoms with Crippen LogP contribution in [-0.4, -0.2) is 0 Å². The van der Waals surface area contributed by atoms with E-state index in [1.165, 1.54) is 36.8 Å². The van der Waals surface area contributed by atoms with Crippen LogP contribution < -0.4 is 11.5 Å². The van der Waals surface area contributed by atoms with Gasteiger partial charge in [0.05, 0.1) is 0 Å². The monoisotopic (exact) mass is 324 g/mol. The highest BCUT2D eigenvalue weighted by Gasteiger charge is 2.17. The Balaban J connectivity index is 2.01. The Morgan fingerprint density at radius 3 is 1.25 bits per heavy atom. The van der Waals surface area contributed by atoms with Gasteiger partial charge in [0.15, 0.2) is 0 Å². The summed E-state index contributed by atoms with van der Waals surface area (Å²) in [4.78, 5) is 0. The maximum atomic E-state index is 6.41. The smallest absolute Gasteiger partial charge is 0.0491 e. The van der Waals surface area contributed by atoms with Crippen LogP contribution in [0.2, 0.25) is 0 Å². The van der Waals surface area contributed by atoms with E-state index >= 15 is 0 Å². The summed E-state index contributed by atoms with van der Waals surface area (Å²) < 4.78 is 0. The van der Waals surface area contributed by atoms with E-state index in [1.54, 1.807) is 0 Å². The van der Waals surface area contributed by atoms with Gasteiger partial charge in [0.1, 0.15) is 0 Å². The molecule has 0 amide bonds.